The summed E-state index contributed by atoms with van der Waals surface area (Å²) >= 11 is 1.62. The first-order chi connectivity index (χ1) is 14.2. The van der Waals surface area contributed by atoms with Crippen molar-refractivity contribution >= 4 is 39.1 Å². The second-order valence-corrected chi connectivity index (χ2v) is 8.99. The van der Waals surface area contributed by atoms with E-state index in [2.05, 4.69) is 31.8 Å². The maximum Gasteiger partial charge on any atom is 0.226 e. The van der Waals surface area contributed by atoms with Gasteiger partial charge >= 0.3 is 0 Å². The van der Waals surface area contributed by atoms with Crippen LogP contribution in [0.25, 0.3) is 10.2 Å². The van der Waals surface area contributed by atoms with E-state index in [9.17, 15) is 0 Å². The number of fused-ring (bicyclic) bond motifs is 2. The monoisotopic (exact) mass is 408 g/mol. The summed E-state index contributed by atoms with van der Waals surface area (Å²) in [7, 11) is 0. The van der Waals surface area contributed by atoms with Crippen molar-refractivity contribution in [3.63, 3.8) is 0 Å². The Hall–Kier alpha value is -2.70. The highest BCUT2D eigenvalue weighted by atomic mass is 32.1. The number of nitrogens with zero attached hydrogens (tertiary/aromatic N) is 5. The number of hydrogen-bond donors (Lipinski definition) is 3. The first kappa shape index (κ1) is 18.3. The van der Waals surface area contributed by atoms with E-state index in [4.69, 9.17) is 15.2 Å². The zero-order valence-electron chi connectivity index (χ0n) is 16.4. The number of aromatic amines is 1. The number of thiophene rings is 1. The Kier molecular flexibility index (Phi) is 4.81. The standard InChI is InChI=1S/C20H24N8S/c1-12-7-17(27-26-12)23-18-16-3-6-29-19(16)25-20(24-18)22-15-8-13-10-28(5-2-4-21)11-14(13)9-15/h3,6-7,13-15H,2,5,8-11H2,1H3,(H3,22,23,24,25,26,27)/t13-,14+,15?. The average Bonchev–Trinajstić information content (AvgIpc) is 3.44. The Labute approximate surface area is 173 Å². The van der Waals surface area contributed by atoms with Crippen LogP contribution in [0.3, 0.4) is 0 Å². The van der Waals surface area contributed by atoms with Crippen LogP contribution >= 0.6 is 11.3 Å². The lowest BCUT2D eigenvalue weighted by molar-refractivity contribution is 0.315. The van der Waals surface area contributed by atoms with Crippen LogP contribution in [0.4, 0.5) is 17.6 Å². The molecule has 3 aromatic rings. The topological polar surface area (TPSA) is 106 Å². The van der Waals surface area contributed by atoms with Crippen molar-refractivity contribution in [3.05, 3.63) is 23.2 Å². The van der Waals surface area contributed by atoms with Gasteiger partial charge in [0.15, 0.2) is 5.82 Å². The van der Waals surface area contributed by atoms with E-state index in [-0.39, 0.29) is 0 Å². The van der Waals surface area contributed by atoms with Crippen molar-refractivity contribution in [1.29, 1.82) is 5.26 Å². The Morgan fingerprint density at radius 1 is 1.31 bits per heavy atom. The molecule has 4 heterocycles. The molecule has 0 amide bonds. The molecule has 3 N–H and O–H groups in total. The van der Waals surface area contributed by atoms with Crippen LogP contribution in [0.2, 0.25) is 0 Å². The molecule has 9 heteroatoms. The molecule has 0 radical (unpaired) electrons. The Morgan fingerprint density at radius 3 is 2.86 bits per heavy atom. The van der Waals surface area contributed by atoms with Gasteiger partial charge in [-0.25, -0.2) is 4.98 Å². The van der Waals surface area contributed by atoms with Gasteiger partial charge in [0.25, 0.3) is 0 Å². The first-order valence-corrected chi connectivity index (χ1v) is 11.0. The van der Waals surface area contributed by atoms with Crippen LogP contribution in [-0.4, -0.2) is 50.7 Å². The number of aryl methyl sites for hydroxylation is 1. The van der Waals surface area contributed by atoms with Gasteiger partial charge in [-0.1, -0.05) is 0 Å². The van der Waals surface area contributed by atoms with Gasteiger partial charge in [0, 0.05) is 43.9 Å². The van der Waals surface area contributed by atoms with E-state index < -0.39 is 0 Å². The summed E-state index contributed by atoms with van der Waals surface area (Å²) in [6.45, 7) is 5.10. The molecule has 8 nitrogen and oxygen atoms in total. The number of anilines is 3. The highest BCUT2D eigenvalue weighted by Gasteiger charge is 2.40. The summed E-state index contributed by atoms with van der Waals surface area (Å²) < 4.78 is 0. The fourth-order valence-corrected chi connectivity index (χ4v) is 5.47. The molecule has 1 unspecified atom stereocenters. The number of nitriles is 1. The second-order valence-electron chi connectivity index (χ2n) is 8.10. The number of nitrogens with one attached hydrogen (secondary N) is 3. The van der Waals surface area contributed by atoms with Gasteiger partial charge in [0.1, 0.15) is 10.6 Å². The number of aromatic nitrogens is 4. The van der Waals surface area contributed by atoms with E-state index in [1.165, 1.54) is 0 Å². The van der Waals surface area contributed by atoms with Crippen molar-refractivity contribution in [2.75, 3.05) is 30.3 Å². The fraction of sp³-hybridized carbons (Fsp3) is 0.500. The van der Waals surface area contributed by atoms with E-state index >= 15 is 0 Å². The summed E-state index contributed by atoms with van der Waals surface area (Å²) in [6, 6.07) is 6.66. The van der Waals surface area contributed by atoms with Crippen molar-refractivity contribution in [2.24, 2.45) is 11.8 Å². The number of hydrogen-bond acceptors (Lipinski definition) is 8. The van der Waals surface area contributed by atoms with E-state index in [0.29, 0.717) is 30.2 Å². The fourth-order valence-electron chi connectivity index (χ4n) is 4.71. The SMILES string of the molecule is Cc1cc(Nc2nc(NC3C[C@@H]4CN(CCC#N)C[C@@H]4C3)nc3sccc23)n[nH]1. The third-order valence-corrected chi connectivity index (χ3v) is 6.78. The highest BCUT2D eigenvalue weighted by molar-refractivity contribution is 7.16. The summed E-state index contributed by atoms with van der Waals surface area (Å²) in [6.07, 6.45) is 2.91. The molecule has 2 aliphatic rings. The van der Waals surface area contributed by atoms with Gasteiger partial charge in [0.05, 0.1) is 11.5 Å². The zero-order chi connectivity index (χ0) is 19.8. The molecule has 3 atom stereocenters. The molecule has 29 heavy (non-hydrogen) atoms. The minimum atomic E-state index is 0.404. The van der Waals surface area contributed by atoms with Gasteiger partial charge < -0.3 is 15.5 Å². The van der Waals surface area contributed by atoms with E-state index in [1.54, 1.807) is 11.3 Å². The molecule has 5 rings (SSSR count). The average molecular weight is 409 g/mol. The maximum atomic E-state index is 8.80. The van der Waals surface area contributed by atoms with Crippen LogP contribution in [0, 0.1) is 30.1 Å². The van der Waals surface area contributed by atoms with Crippen LogP contribution in [0.5, 0.6) is 0 Å². The summed E-state index contributed by atoms with van der Waals surface area (Å²) in [4.78, 5) is 12.9. The second kappa shape index (κ2) is 7.61. The van der Waals surface area contributed by atoms with Crippen molar-refractivity contribution in [3.8, 4) is 6.07 Å². The lowest BCUT2D eigenvalue weighted by Crippen LogP contribution is -2.26. The molecule has 1 saturated heterocycles. The molecular formula is C20H24N8S. The summed E-state index contributed by atoms with van der Waals surface area (Å²) in [5.41, 5.74) is 1.00. The van der Waals surface area contributed by atoms with Crippen LogP contribution in [0.1, 0.15) is 25.0 Å². The third-order valence-electron chi connectivity index (χ3n) is 5.98. The molecule has 1 aliphatic carbocycles. The third kappa shape index (κ3) is 3.78. The Morgan fingerprint density at radius 2 is 2.14 bits per heavy atom. The molecule has 3 aromatic heterocycles. The Balaban J connectivity index is 1.29. The molecule has 1 aliphatic heterocycles. The lowest BCUT2D eigenvalue weighted by atomic mass is 10.0. The van der Waals surface area contributed by atoms with Crippen LogP contribution < -0.4 is 10.6 Å². The molecule has 2 fully saturated rings. The Bertz CT molecular complexity index is 1040. The minimum absolute atomic E-state index is 0.404. The summed E-state index contributed by atoms with van der Waals surface area (Å²) in [5.74, 6) is 3.64. The summed E-state index contributed by atoms with van der Waals surface area (Å²) in [5, 5.41) is 26.0. The largest absolute Gasteiger partial charge is 0.351 e. The minimum Gasteiger partial charge on any atom is -0.351 e. The van der Waals surface area contributed by atoms with Crippen LogP contribution in [0.15, 0.2) is 17.5 Å². The lowest BCUT2D eigenvalue weighted by Gasteiger charge is -2.18. The number of rotatable bonds is 6. The van der Waals surface area contributed by atoms with E-state index in [1.807, 2.05) is 24.4 Å². The predicted octanol–water partition coefficient (Wildman–Crippen LogP) is 3.50. The van der Waals surface area contributed by atoms with Gasteiger partial charge in [-0.2, -0.15) is 15.3 Å². The molecule has 1 saturated carbocycles. The molecule has 0 bridgehead atoms. The molecule has 0 aromatic carbocycles. The first-order valence-electron chi connectivity index (χ1n) is 10.1. The molecular weight excluding hydrogens is 384 g/mol. The smallest absolute Gasteiger partial charge is 0.226 e. The number of likely N-dealkylation sites (tertiary alicyclic amines) is 1. The van der Waals surface area contributed by atoms with Crippen molar-refractivity contribution < 1.29 is 0 Å². The van der Waals surface area contributed by atoms with Crippen molar-refractivity contribution in [1.82, 2.24) is 25.1 Å². The zero-order valence-corrected chi connectivity index (χ0v) is 17.2. The van der Waals surface area contributed by atoms with Gasteiger partial charge in [-0.05, 0) is 43.0 Å². The van der Waals surface area contributed by atoms with Gasteiger partial charge in [-0.15, -0.1) is 11.3 Å². The maximum absolute atomic E-state index is 8.80. The molecule has 0 spiro atoms. The van der Waals surface area contributed by atoms with E-state index in [0.717, 1.165) is 60.0 Å². The van der Waals surface area contributed by atoms with Gasteiger partial charge in [0.2, 0.25) is 5.95 Å². The van der Waals surface area contributed by atoms with Crippen LogP contribution in [-0.2, 0) is 0 Å². The molecule has 150 valence electrons. The quantitative estimate of drug-likeness (QED) is 0.573. The van der Waals surface area contributed by atoms with Crippen molar-refractivity contribution in [2.45, 2.75) is 32.2 Å². The normalized spacial score (nSPS) is 23.9. The highest BCUT2D eigenvalue weighted by Crippen LogP contribution is 2.39. The van der Waals surface area contributed by atoms with Gasteiger partial charge in [-0.3, -0.25) is 5.10 Å². The number of H-pyrrole nitrogens is 1. The predicted molar refractivity (Wildman–Crippen MR) is 114 cm³/mol.